The van der Waals surface area contributed by atoms with Gasteiger partial charge in [-0.1, -0.05) is 0 Å². The van der Waals surface area contributed by atoms with Gasteiger partial charge in [0.2, 0.25) is 10.0 Å². The quantitative estimate of drug-likeness (QED) is 0.844. The fourth-order valence-electron chi connectivity index (χ4n) is 1.97. The Kier molecular flexibility index (Phi) is 5.15. The number of aryl methyl sites for hydroxylation is 2. The van der Waals surface area contributed by atoms with E-state index in [-0.39, 0.29) is 6.04 Å². The summed E-state index contributed by atoms with van der Waals surface area (Å²) >= 11 is 2.96. The Balaban J connectivity index is 2.22. The van der Waals surface area contributed by atoms with Gasteiger partial charge >= 0.3 is 0 Å². The maximum atomic E-state index is 12.5. The first-order chi connectivity index (χ1) is 9.83. The molecule has 0 bridgehead atoms. The zero-order valence-electron chi connectivity index (χ0n) is 12.4. The summed E-state index contributed by atoms with van der Waals surface area (Å²) in [5.74, 6) is 0. The Morgan fingerprint density at radius 2 is 2.10 bits per heavy atom. The van der Waals surface area contributed by atoms with Gasteiger partial charge in [-0.15, -0.1) is 22.7 Å². The van der Waals surface area contributed by atoms with Gasteiger partial charge in [0, 0.05) is 27.4 Å². The zero-order valence-corrected chi connectivity index (χ0v) is 14.9. The summed E-state index contributed by atoms with van der Waals surface area (Å²) in [6.45, 7) is 6.21. The first-order valence-electron chi connectivity index (χ1n) is 6.51. The summed E-state index contributed by atoms with van der Waals surface area (Å²) in [6.07, 6.45) is 0. The number of aromatic nitrogens is 1. The van der Waals surface area contributed by atoms with Crippen molar-refractivity contribution in [2.75, 3.05) is 7.05 Å². The molecule has 0 saturated heterocycles. The van der Waals surface area contributed by atoms with E-state index in [0.717, 1.165) is 20.5 Å². The third-order valence-electron chi connectivity index (χ3n) is 2.90. The van der Waals surface area contributed by atoms with Crippen LogP contribution < -0.4 is 10.0 Å². The van der Waals surface area contributed by atoms with Crippen LogP contribution in [0.1, 0.15) is 33.4 Å². The topological polar surface area (TPSA) is 71.1 Å². The summed E-state index contributed by atoms with van der Waals surface area (Å²) in [4.78, 5) is 6.50. The van der Waals surface area contributed by atoms with Crippen LogP contribution in [0.4, 0.5) is 0 Å². The van der Waals surface area contributed by atoms with E-state index in [1.807, 2.05) is 33.2 Å². The zero-order chi connectivity index (χ0) is 15.6. The molecule has 0 aliphatic heterocycles. The molecule has 21 heavy (non-hydrogen) atoms. The smallest absolute Gasteiger partial charge is 0.242 e. The van der Waals surface area contributed by atoms with Crippen LogP contribution in [0.15, 0.2) is 16.3 Å². The van der Waals surface area contributed by atoms with Crippen molar-refractivity contribution >= 4 is 32.7 Å². The summed E-state index contributed by atoms with van der Waals surface area (Å²) in [5.41, 5.74) is 0.907. The Morgan fingerprint density at radius 3 is 2.67 bits per heavy atom. The van der Waals surface area contributed by atoms with Crippen LogP contribution in [0.3, 0.4) is 0 Å². The highest BCUT2D eigenvalue weighted by Gasteiger charge is 2.23. The van der Waals surface area contributed by atoms with Crippen molar-refractivity contribution in [1.29, 1.82) is 0 Å². The SMILES string of the molecule is CNCc1cc(S(=O)(=O)NC(C)c2nc(C)cs2)c(C)s1. The summed E-state index contributed by atoms with van der Waals surface area (Å²) < 4.78 is 27.7. The highest BCUT2D eigenvalue weighted by Crippen LogP contribution is 2.27. The predicted octanol–water partition coefficient (Wildman–Crippen LogP) is 2.58. The van der Waals surface area contributed by atoms with E-state index in [2.05, 4.69) is 15.0 Å². The highest BCUT2D eigenvalue weighted by molar-refractivity contribution is 7.89. The van der Waals surface area contributed by atoms with Gasteiger partial charge in [-0.25, -0.2) is 18.1 Å². The molecule has 0 aromatic carbocycles. The first kappa shape index (κ1) is 16.6. The van der Waals surface area contributed by atoms with E-state index in [1.165, 1.54) is 22.7 Å². The largest absolute Gasteiger partial charge is 0.315 e. The molecule has 0 fully saturated rings. The molecule has 0 radical (unpaired) electrons. The van der Waals surface area contributed by atoms with E-state index in [1.54, 1.807) is 6.07 Å². The molecule has 1 atom stereocenters. The molecule has 2 rings (SSSR count). The Hall–Kier alpha value is -0.800. The molecule has 8 heteroatoms. The molecule has 2 aromatic heterocycles. The van der Waals surface area contributed by atoms with E-state index in [4.69, 9.17) is 0 Å². The average molecular weight is 346 g/mol. The van der Waals surface area contributed by atoms with Crippen molar-refractivity contribution in [3.8, 4) is 0 Å². The second-order valence-corrected chi connectivity index (χ2v) is 8.75. The standard InChI is InChI=1S/C13H19N3O2S3/c1-8-7-19-13(15-8)9(2)16-21(17,18)12-5-11(6-14-4)20-10(12)3/h5,7,9,14,16H,6H2,1-4H3. The fraction of sp³-hybridized carbons (Fsp3) is 0.462. The fourth-order valence-corrected chi connectivity index (χ4v) is 5.70. The molecular formula is C13H19N3O2S3. The Bertz CT molecular complexity index is 719. The van der Waals surface area contributed by atoms with Crippen molar-refractivity contribution in [3.63, 3.8) is 0 Å². The minimum atomic E-state index is -3.53. The maximum absolute atomic E-state index is 12.5. The number of rotatable bonds is 6. The van der Waals surface area contributed by atoms with Gasteiger partial charge in [0.25, 0.3) is 0 Å². The first-order valence-corrected chi connectivity index (χ1v) is 9.69. The summed E-state index contributed by atoms with van der Waals surface area (Å²) in [5, 5.41) is 5.73. The maximum Gasteiger partial charge on any atom is 0.242 e. The van der Waals surface area contributed by atoms with Crippen LogP contribution in [0.2, 0.25) is 0 Å². The third-order valence-corrected chi connectivity index (χ3v) is 6.89. The van der Waals surface area contributed by atoms with Crippen molar-refractivity contribution in [2.45, 2.75) is 38.3 Å². The molecule has 2 heterocycles. The molecule has 0 aliphatic carbocycles. The lowest BCUT2D eigenvalue weighted by molar-refractivity contribution is 0.566. The molecule has 0 spiro atoms. The highest BCUT2D eigenvalue weighted by atomic mass is 32.2. The van der Waals surface area contributed by atoms with Gasteiger partial charge in [0.1, 0.15) is 5.01 Å². The monoisotopic (exact) mass is 345 g/mol. The molecular weight excluding hydrogens is 326 g/mol. The minimum Gasteiger partial charge on any atom is -0.315 e. The van der Waals surface area contributed by atoms with Crippen LogP contribution in [-0.2, 0) is 16.6 Å². The van der Waals surface area contributed by atoms with Gasteiger partial charge < -0.3 is 5.32 Å². The van der Waals surface area contributed by atoms with Crippen LogP contribution >= 0.6 is 22.7 Å². The van der Waals surface area contributed by atoms with Crippen LogP contribution in [-0.4, -0.2) is 20.4 Å². The van der Waals surface area contributed by atoms with Gasteiger partial charge in [-0.2, -0.15) is 0 Å². The number of hydrogen-bond donors (Lipinski definition) is 2. The second-order valence-electron chi connectivity index (χ2n) is 4.83. The molecule has 2 aromatic rings. The molecule has 116 valence electrons. The lowest BCUT2D eigenvalue weighted by atomic mass is 10.4. The predicted molar refractivity (Wildman–Crippen MR) is 87.4 cm³/mol. The van der Waals surface area contributed by atoms with Crippen LogP contribution in [0.25, 0.3) is 0 Å². The Labute approximate surface area is 133 Å². The number of nitrogens with zero attached hydrogens (tertiary/aromatic N) is 1. The van der Waals surface area contributed by atoms with Crippen molar-refractivity contribution < 1.29 is 8.42 Å². The molecule has 0 amide bonds. The van der Waals surface area contributed by atoms with Gasteiger partial charge in [0.05, 0.1) is 10.9 Å². The Morgan fingerprint density at radius 1 is 1.38 bits per heavy atom. The van der Waals surface area contributed by atoms with E-state index < -0.39 is 10.0 Å². The number of thiophene rings is 1. The minimum absolute atomic E-state index is 0.333. The summed E-state index contributed by atoms with van der Waals surface area (Å²) in [7, 11) is -1.69. The molecule has 0 aliphatic rings. The lowest BCUT2D eigenvalue weighted by Crippen LogP contribution is -2.27. The van der Waals surface area contributed by atoms with Gasteiger partial charge in [0.15, 0.2) is 0 Å². The van der Waals surface area contributed by atoms with Crippen LogP contribution in [0.5, 0.6) is 0 Å². The van der Waals surface area contributed by atoms with E-state index >= 15 is 0 Å². The second kappa shape index (κ2) is 6.53. The number of sulfonamides is 1. The van der Waals surface area contributed by atoms with Crippen molar-refractivity contribution in [3.05, 3.63) is 31.9 Å². The number of hydrogen-bond acceptors (Lipinski definition) is 6. The van der Waals surface area contributed by atoms with Crippen molar-refractivity contribution in [2.24, 2.45) is 0 Å². The van der Waals surface area contributed by atoms with Crippen molar-refractivity contribution in [1.82, 2.24) is 15.0 Å². The molecule has 0 saturated carbocycles. The molecule has 2 N–H and O–H groups in total. The van der Waals surface area contributed by atoms with Crippen LogP contribution in [0, 0.1) is 13.8 Å². The molecule has 5 nitrogen and oxygen atoms in total. The molecule has 1 unspecified atom stereocenters. The van der Waals surface area contributed by atoms with Gasteiger partial charge in [-0.3, -0.25) is 0 Å². The normalized spacial score (nSPS) is 13.5. The van der Waals surface area contributed by atoms with E-state index in [0.29, 0.717) is 11.4 Å². The van der Waals surface area contributed by atoms with E-state index in [9.17, 15) is 8.42 Å². The third kappa shape index (κ3) is 3.89. The lowest BCUT2D eigenvalue weighted by Gasteiger charge is -2.11. The number of nitrogens with one attached hydrogen (secondary N) is 2. The van der Waals surface area contributed by atoms with Gasteiger partial charge in [-0.05, 0) is 33.9 Å². The summed E-state index contributed by atoms with van der Waals surface area (Å²) in [6, 6.07) is 1.40. The average Bonchev–Trinajstić information content (AvgIpc) is 2.96. The number of thiazole rings is 1.